The summed E-state index contributed by atoms with van der Waals surface area (Å²) in [5.74, 6) is -2.25. The van der Waals surface area contributed by atoms with E-state index in [1.165, 1.54) is 25.0 Å². The van der Waals surface area contributed by atoms with Gasteiger partial charge in [0.1, 0.15) is 42.0 Å². The number of ether oxygens (including phenoxy) is 1. The van der Waals surface area contributed by atoms with E-state index in [1.54, 1.807) is 0 Å². The Kier molecular flexibility index (Phi) is 19.9. The first kappa shape index (κ1) is 59.1. The van der Waals surface area contributed by atoms with Crippen LogP contribution in [0.25, 0.3) is 11.2 Å². The Morgan fingerprint density at radius 1 is 0.878 bits per heavy atom. The standard InChI is InChI=1S/C45H68N7O19P3/c1-43(2,26-68-74(65,66)71-73(63,64)67-25-32-37(70-72(60,61)62)36(57)42(69-32)52-28-51-35-39(46)49-27-50-40(35)52)38(58)41(59)48-22-14-33(54)47-21-13-31(53)23-44(17-18-44)15-7-5-11-29-9-3-4-10-30(29)12-6-8-16-45(19-20-45)24-34(55)56/h3-4,9-10,27-28,32,36-38,42,57-58H,5-8,11-26H2,1-2H3,(H,47,54)(H,48,59)(H,55,56)(H,63,64)(H,65,66)(H2,46,49,50)(H2,60,61,62)/p-4. The van der Waals surface area contributed by atoms with Crippen molar-refractivity contribution in [3.8, 4) is 0 Å². The molecule has 2 aliphatic carbocycles. The number of aliphatic hydroxyl groups is 2. The third kappa shape index (κ3) is 17.5. The minimum Gasteiger partial charge on any atom is -0.790 e. The largest absolute Gasteiger partial charge is 0.790 e. The monoisotopic (exact) mass is 1100 g/mol. The maximum atomic E-state index is 12.9. The van der Waals surface area contributed by atoms with E-state index in [0.717, 1.165) is 94.3 Å². The number of imidazole rings is 1. The van der Waals surface area contributed by atoms with Crippen LogP contribution in [-0.2, 0) is 68.3 Å². The third-order valence-electron chi connectivity index (χ3n) is 13.7. The quantitative estimate of drug-likeness (QED) is 0.0371. The highest BCUT2D eigenvalue weighted by atomic mass is 31.3. The molecule has 0 bridgehead atoms. The summed E-state index contributed by atoms with van der Waals surface area (Å²) in [5.41, 5.74) is 6.75. The Morgan fingerprint density at radius 3 is 2.07 bits per heavy atom. The molecule has 3 fully saturated rings. The second-order valence-electron chi connectivity index (χ2n) is 20.2. The van der Waals surface area contributed by atoms with Crippen LogP contribution in [0.5, 0.6) is 0 Å². The molecule has 7 atom stereocenters. The molecular weight excluding hydrogens is 1040 g/mol. The lowest BCUT2D eigenvalue weighted by molar-refractivity contribution is -0.347. The molecule has 2 saturated carbocycles. The summed E-state index contributed by atoms with van der Waals surface area (Å²) >= 11 is 0. The van der Waals surface area contributed by atoms with E-state index >= 15 is 0 Å². The number of carboxylic acid groups (broad SMARTS) is 1. The van der Waals surface area contributed by atoms with Gasteiger partial charge < -0.3 is 74.1 Å². The highest BCUT2D eigenvalue weighted by molar-refractivity contribution is 7.59. The predicted octanol–water partition coefficient (Wildman–Crippen LogP) is 1.39. The molecule has 3 aromatic rings. The van der Waals surface area contributed by atoms with Crippen molar-refractivity contribution in [2.24, 2.45) is 16.2 Å². The molecule has 7 unspecified atom stereocenters. The van der Waals surface area contributed by atoms with Crippen LogP contribution in [0.15, 0.2) is 36.9 Å². The summed E-state index contributed by atoms with van der Waals surface area (Å²) < 4.78 is 61.0. The molecule has 7 N–H and O–H groups in total. The number of benzene rings is 1. The van der Waals surface area contributed by atoms with Gasteiger partial charge in [-0.1, -0.05) is 51.0 Å². The maximum absolute atomic E-state index is 12.9. The fraction of sp³-hybridized carbons (Fsp3) is 0.667. The van der Waals surface area contributed by atoms with Gasteiger partial charge in [0.2, 0.25) is 11.8 Å². The van der Waals surface area contributed by atoms with Crippen molar-refractivity contribution < 1.29 is 90.4 Å². The second-order valence-corrected chi connectivity index (χ2v) is 24.3. The molecule has 0 spiro atoms. The van der Waals surface area contributed by atoms with Gasteiger partial charge in [-0.3, -0.25) is 32.9 Å². The zero-order chi connectivity index (χ0) is 54.1. The van der Waals surface area contributed by atoms with E-state index in [-0.39, 0.29) is 65.9 Å². The summed E-state index contributed by atoms with van der Waals surface area (Å²) in [6.07, 6.45) is 5.03. The number of phosphoric acid groups is 3. The predicted molar refractivity (Wildman–Crippen MR) is 252 cm³/mol. The molecule has 1 aliphatic heterocycles. The van der Waals surface area contributed by atoms with Crippen molar-refractivity contribution in [3.05, 3.63) is 48.0 Å². The number of Topliss-reactive ketones (excluding diaryl/α,β-unsaturated/α-hetero) is 1. The normalized spacial score (nSPS) is 22.1. The van der Waals surface area contributed by atoms with Crippen LogP contribution in [0.4, 0.5) is 5.82 Å². The smallest absolute Gasteiger partial charge is 0.303 e. The number of nitrogens with two attached hydrogens (primary N) is 1. The van der Waals surface area contributed by atoms with E-state index in [4.69, 9.17) is 10.5 Å². The van der Waals surface area contributed by atoms with Crippen molar-refractivity contribution >= 4 is 64.0 Å². The number of aliphatic carboxylic acids is 1. The van der Waals surface area contributed by atoms with E-state index in [9.17, 15) is 67.8 Å². The first-order valence-electron chi connectivity index (χ1n) is 24.3. The van der Waals surface area contributed by atoms with Crippen LogP contribution < -0.4 is 35.9 Å². The maximum Gasteiger partial charge on any atom is 0.303 e. The van der Waals surface area contributed by atoms with Gasteiger partial charge in [0, 0.05) is 37.8 Å². The number of carboxylic acids is 1. The highest BCUT2D eigenvalue weighted by Gasteiger charge is 2.48. The molecule has 3 aliphatic rings. The first-order chi connectivity index (χ1) is 34.7. The molecule has 6 rings (SSSR count). The van der Waals surface area contributed by atoms with Gasteiger partial charge in [-0.25, -0.2) is 19.3 Å². The molecule has 412 valence electrons. The van der Waals surface area contributed by atoms with E-state index in [0.29, 0.717) is 6.42 Å². The van der Waals surface area contributed by atoms with E-state index < -0.39 is 90.5 Å². The number of aromatic nitrogens is 4. The number of carbonyl (C=O) groups is 4. The number of fused-ring (bicyclic) bond motifs is 1. The number of phosphoric ester groups is 3. The molecule has 26 nitrogen and oxygen atoms in total. The minimum absolute atomic E-state index is 0.00526. The number of unbranched alkanes of at least 4 members (excludes halogenated alkanes) is 2. The lowest BCUT2D eigenvalue weighted by atomic mass is 9.87. The van der Waals surface area contributed by atoms with E-state index in [2.05, 4.69) is 67.7 Å². The molecule has 1 aromatic carbocycles. The lowest BCUT2D eigenvalue weighted by Gasteiger charge is -2.36. The molecular formula is C45H64N7O19P3-4. The summed E-state index contributed by atoms with van der Waals surface area (Å²) in [6, 6.07) is 8.46. The fourth-order valence-electron chi connectivity index (χ4n) is 9.15. The van der Waals surface area contributed by atoms with Gasteiger partial charge in [-0.05, 0) is 86.2 Å². The van der Waals surface area contributed by atoms with Crippen molar-refractivity contribution in [3.63, 3.8) is 0 Å². The number of aliphatic hydroxyl groups excluding tert-OH is 2. The Balaban J connectivity index is 0.845. The van der Waals surface area contributed by atoms with Gasteiger partial charge in [0.15, 0.2) is 17.7 Å². The van der Waals surface area contributed by atoms with Crippen molar-refractivity contribution in [1.29, 1.82) is 0 Å². The van der Waals surface area contributed by atoms with Crippen molar-refractivity contribution in [2.45, 2.75) is 147 Å². The van der Waals surface area contributed by atoms with Crippen LogP contribution in [0.2, 0.25) is 0 Å². The van der Waals surface area contributed by atoms with Crippen LogP contribution >= 0.6 is 23.5 Å². The zero-order valence-corrected chi connectivity index (χ0v) is 43.8. The number of nitrogens with one attached hydrogen (secondary N) is 2. The molecule has 1 saturated heterocycles. The third-order valence-corrected chi connectivity index (χ3v) is 16.7. The molecule has 3 heterocycles. The lowest BCUT2D eigenvalue weighted by Crippen LogP contribution is -2.46. The number of nitrogens with zero attached hydrogens (tertiary/aromatic N) is 4. The summed E-state index contributed by atoms with van der Waals surface area (Å²) in [7, 11) is -17.7. The average Bonchev–Trinajstić information content (AvgIpc) is 4.19. The molecule has 0 radical (unpaired) electrons. The van der Waals surface area contributed by atoms with Gasteiger partial charge in [0.25, 0.3) is 15.6 Å². The van der Waals surface area contributed by atoms with Crippen LogP contribution in [0.3, 0.4) is 0 Å². The summed E-state index contributed by atoms with van der Waals surface area (Å²) in [4.78, 5) is 109. The van der Waals surface area contributed by atoms with Gasteiger partial charge in [-0.15, -0.1) is 0 Å². The van der Waals surface area contributed by atoms with Crippen LogP contribution in [0, 0.1) is 16.2 Å². The Hall–Kier alpha value is -4.10. The van der Waals surface area contributed by atoms with E-state index in [1.807, 2.05) is 0 Å². The zero-order valence-electron chi connectivity index (χ0n) is 41.1. The Bertz CT molecular complexity index is 2610. The number of carbonyl (C=O) groups excluding carboxylic acids is 3. The number of aryl methyl sites for hydroxylation is 2. The van der Waals surface area contributed by atoms with Gasteiger partial charge in [0.05, 0.1) is 33.8 Å². The van der Waals surface area contributed by atoms with Crippen LogP contribution in [0.1, 0.15) is 121 Å². The average molecular weight is 1100 g/mol. The number of hydrogen-bond donors (Lipinski definition) is 6. The molecule has 2 aromatic heterocycles. The molecule has 29 heteroatoms. The number of nitrogen functional groups attached to an aromatic ring is 1. The summed E-state index contributed by atoms with van der Waals surface area (Å²) in [5, 5.41) is 35.7. The first-order valence-corrected chi connectivity index (χ1v) is 28.7. The minimum atomic E-state index is -5.94. The Morgan fingerprint density at radius 2 is 1.47 bits per heavy atom. The number of anilines is 1. The van der Waals surface area contributed by atoms with Crippen molar-refractivity contribution in [1.82, 2.24) is 30.2 Å². The topological polar surface area (TPSA) is 412 Å². The number of amides is 2. The fourth-order valence-corrected chi connectivity index (χ4v) is 11.9. The highest BCUT2D eigenvalue weighted by Crippen LogP contribution is 2.57. The number of rotatable bonds is 33. The van der Waals surface area contributed by atoms with Crippen LogP contribution in [-0.4, -0.2) is 109 Å². The second kappa shape index (κ2) is 24.9. The SMILES string of the molecule is CC(C)(COP(=O)([O-])OP(=O)([O-])OCC1OC(n2cnc3c(N)ncnc32)C(O)C1OP(=O)([O-])[O-])C(O)C(=O)NCCC(=O)NCCC(=O)CC1(CCCCc2ccccc2CCCCC2(CC(=O)O)CC2)CC1. The molecule has 74 heavy (non-hydrogen) atoms. The molecule has 2 amide bonds. The summed E-state index contributed by atoms with van der Waals surface area (Å²) in [6.45, 7) is -0.0247. The Labute approximate surface area is 427 Å². The van der Waals surface area contributed by atoms with Gasteiger partial charge in [-0.2, -0.15) is 0 Å². The number of ketones is 1. The van der Waals surface area contributed by atoms with Crippen molar-refractivity contribution in [2.75, 3.05) is 32.0 Å². The number of hydrogen-bond acceptors (Lipinski definition) is 22. The van der Waals surface area contributed by atoms with Gasteiger partial charge >= 0.3 is 5.97 Å².